The molecule has 14 heavy (non-hydrogen) atoms. The van der Waals surface area contributed by atoms with Crippen molar-refractivity contribution in [3.8, 4) is 0 Å². The first-order valence-corrected chi connectivity index (χ1v) is 6.25. The van der Waals surface area contributed by atoms with E-state index in [4.69, 9.17) is 5.73 Å². The van der Waals surface area contributed by atoms with Gasteiger partial charge in [-0.1, -0.05) is 19.3 Å². The summed E-state index contributed by atoms with van der Waals surface area (Å²) >= 11 is 0. The lowest BCUT2D eigenvalue weighted by atomic mass is 9.68. The molecule has 1 aliphatic carbocycles. The van der Waals surface area contributed by atoms with E-state index in [1.54, 1.807) is 0 Å². The molecule has 4 atom stereocenters. The number of nitrogens with zero attached hydrogens (tertiary/aromatic N) is 1. The van der Waals surface area contributed by atoms with Crippen LogP contribution in [0, 0.1) is 11.8 Å². The number of rotatable bonds is 1. The Morgan fingerprint density at radius 1 is 1.14 bits per heavy atom. The Morgan fingerprint density at radius 3 is 2.57 bits per heavy atom. The first-order valence-electron chi connectivity index (χ1n) is 6.25. The van der Waals surface area contributed by atoms with Gasteiger partial charge < -0.3 is 10.6 Å². The third-order valence-corrected chi connectivity index (χ3v) is 5.07. The van der Waals surface area contributed by atoms with Gasteiger partial charge in [0, 0.05) is 18.1 Å². The van der Waals surface area contributed by atoms with Crippen LogP contribution in [0.5, 0.6) is 0 Å². The van der Waals surface area contributed by atoms with Crippen LogP contribution in [-0.2, 0) is 0 Å². The van der Waals surface area contributed by atoms with Gasteiger partial charge in [0.15, 0.2) is 0 Å². The van der Waals surface area contributed by atoms with E-state index in [1.807, 2.05) is 0 Å². The Balaban J connectivity index is 1.80. The van der Waals surface area contributed by atoms with Gasteiger partial charge in [-0.2, -0.15) is 0 Å². The van der Waals surface area contributed by atoms with Gasteiger partial charge in [0.1, 0.15) is 0 Å². The van der Waals surface area contributed by atoms with E-state index in [0.717, 1.165) is 23.9 Å². The molecule has 0 aromatic carbocycles. The Bertz CT molecular complexity index is 224. The second kappa shape index (κ2) is 3.21. The molecule has 2 aliphatic heterocycles. The van der Waals surface area contributed by atoms with Crippen LogP contribution in [0.3, 0.4) is 0 Å². The van der Waals surface area contributed by atoms with Crippen molar-refractivity contribution in [3.05, 3.63) is 0 Å². The smallest absolute Gasteiger partial charge is 0.0141 e. The normalized spacial score (nSPS) is 49.3. The predicted octanol–water partition coefficient (Wildman–Crippen LogP) is 1.60. The van der Waals surface area contributed by atoms with Crippen LogP contribution in [0.15, 0.2) is 0 Å². The Hall–Kier alpha value is -0.0800. The van der Waals surface area contributed by atoms with Crippen molar-refractivity contribution in [2.45, 2.75) is 56.7 Å². The lowest BCUT2D eigenvalue weighted by Gasteiger charge is -2.47. The molecule has 0 aromatic rings. The lowest BCUT2D eigenvalue weighted by molar-refractivity contribution is 0.0368. The highest BCUT2D eigenvalue weighted by molar-refractivity contribution is 5.03. The van der Waals surface area contributed by atoms with E-state index in [9.17, 15) is 0 Å². The summed E-state index contributed by atoms with van der Waals surface area (Å²) < 4.78 is 0. The highest BCUT2D eigenvalue weighted by Gasteiger charge is 2.47. The molecule has 0 spiro atoms. The predicted molar refractivity (Wildman–Crippen MR) is 58.0 cm³/mol. The van der Waals surface area contributed by atoms with Gasteiger partial charge in [0.2, 0.25) is 0 Å². The van der Waals surface area contributed by atoms with E-state index >= 15 is 0 Å². The van der Waals surface area contributed by atoms with Gasteiger partial charge in [-0.05, 0) is 38.1 Å². The molecule has 4 unspecified atom stereocenters. The molecule has 0 radical (unpaired) electrons. The van der Waals surface area contributed by atoms with Crippen LogP contribution in [-0.4, -0.2) is 30.1 Å². The third-order valence-electron chi connectivity index (χ3n) is 5.07. The molecule has 1 saturated carbocycles. The number of nitrogens with two attached hydrogens (primary N) is 1. The van der Waals surface area contributed by atoms with E-state index in [1.165, 1.54) is 38.5 Å². The summed E-state index contributed by atoms with van der Waals surface area (Å²) in [6.45, 7) is 0. The summed E-state index contributed by atoms with van der Waals surface area (Å²) in [5.74, 6) is 1.80. The first kappa shape index (κ1) is 9.17. The monoisotopic (exact) mass is 194 g/mol. The second-order valence-corrected chi connectivity index (χ2v) is 5.63. The average Bonchev–Trinajstić information content (AvgIpc) is 2.29. The van der Waals surface area contributed by atoms with Crippen LogP contribution >= 0.6 is 0 Å². The van der Waals surface area contributed by atoms with Crippen molar-refractivity contribution in [1.82, 2.24) is 4.90 Å². The number of hydrogen-bond donors (Lipinski definition) is 1. The van der Waals surface area contributed by atoms with Crippen molar-refractivity contribution in [1.29, 1.82) is 0 Å². The first-order chi connectivity index (χ1) is 6.77. The van der Waals surface area contributed by atoms with Crippen LogP contribution in [0.4, 0.5) is 0 Å². The van der Waals surface area contributed by atoms with Gasteiger partial charge in [-0.25, -0.2) is 0 Å². The minimum atomic E-state index is 0.508. The quantitative estimate of drug-likeness (QED) is 0.687. The molecule has 2 heterocycles. The van der Waals surface area contributed by atoms with Gasteiger partial charge in [0.25, 0.3) is 0 Å². The summed E-state index contributed by atoms with van der Waals surface area (Å²) in [6, 6.07) is 2.15. The third kappa shape index (κ3) is 1.17. The van der Waals surface area contributed by atoms with Crippen LogP contribution < -0.4 is 5.73 Å². The van der Waals surface area contributed by atoms with Crippen molar-refractivity contribution in [2.75, 3.05) is 7.05 Å². The van der Waals surface area contributed by atoms with Crippen LogP contribution in [0.25, 0.3) is 0 Å². The average molecular weight is 194 g/mol. The summed E-state index contributed by atoms with van der Waals surface area (Å²) in [6.07, 6.45) is 8.43. The van der Waals surface area contributed by atoms with Crippen LogP contribution in [0.2, 0.25) is 0 Å². The molecule has 3 aliphatic rings. The van der Waals surface area contributed by atoms with Crippen molar-refractivity contribution in [3.63, 3.8) is 0 Å². The molecule has 80 valence electrons. The zero-order chi connectivity index (χ0) is 9.71. The number of hydrogen-bond acceptors (Lipinski definition) is 2. The summed E-state index contributed by atoms with van der Waals surface area (Å²) in [4.78, 5) is 2.63. The molecule has 2 N–H and O–H groups in total. The zero-order valence-electron chi connectivity index (χ0n) is 9.15. The topological polar surface area (TPSA) is 29.3 Å². The van der Waals surface area contributed by atoms with Gasteiger partial charge in [0.05, 0.1) is 0 Å². The van der Waals surface area contributed by atoms with Crippen molar-refractivity contribution < 1.29 is 0 Å². The molecule has 3 rings (SSSR count). The highest BCUT2D eigenvalue weighted by Crippen LogP contribution is 2.46. The maximum absolute atomic E-state index is 6.35. The lowest BCUT2D eigenvalue weighted by Crippen LogP contribution is -2.55. The van der Waals surface area contributed by atoms with Gasteiger partial charge in [-0.15, -0.1) is 0 Å². The summed E-state index contributed by atoms with van der Waals surface area (Å²) in [5.41, 5.74) is 6.35. The minimum Gasteiger partial charge on any atom is -0.327 e. The Labute approximate surface area is 86.8 Å². The fourth-order valence-electron chi connectivity index (χ4n) is 4.03. The number of piperidine rings is 1. The maximum Gasteiger partial charge on any atom is 0.0141 e. The minimum absolute atomic E-state index is 0.508. The molecule has 2 bridgehead atoms. The van der Waals surface area contributed by atoms with Crippen molar-refractivity contribution in [2.24, 2.45) is 17.6 Å². The molecule has 0 aromatic heterocycles. The highest BCUT2D eigenvalue weighted by atomic mass is 15.2. The Morgan fingerprint density at radius 2 is 1.93 bits per heavy atom. The molecule has 2 saturated heterocycles. The Kier molecular flexibility index (Phi) is 2.10. The van der Waals surface area contributed by atoms with E-state index < -0.39 is 0 Å². The molecule has 2 heteroatoms. The second-order valence-electron chi connectivity index (χ2n) is 5.63. The SMILES string of the molecule is CN1C2CCC1C(C1CCC1)C(N)C2. The van der Waals surface area contributed by atoms with Gasteiger partial charge in [-0.3, -0.25) is 0 Å². The molecule has 0 amide bonds. The largest absolute Gasteiger partial charge is 0.327 e. The molecular weight excluding hydrogens is 172 g/mol. The number of fused-ring (bicyclic) bond motifs is 2. The van der Waals surface area contributed by atoms with Crippen molar-refractivity contribution >= 4 is 0 Å². The summed E-state index contributed by atoms with van der Waals surface area (Å²) in [5, 5.41) is 0. The molecular formula is C12H22N2. The molecule has 3 fully saturated rings. The summed E-state index contributed by atoms with van der Waals surface area (Å²) in [7, 11) is 2.32. The van der Waals surface area contributed by atoms with E-state index in [-0.39, 0.29) is 0 Å². The van der Waals surface area contributed by atoms with E-state index in [2.05, 4.69) is 11.9 Å². The molecule has 2 nitrogen and oxygen atoms in total. The standard InChI is InChI=1S/C12H22N2/c1-14-9-5-6-11(14)12(10(13)7-9)8-3-2-4-8/h8-12H,2-7,13H2,1H3. The maximum atomic E-state index is 6.35. The van der Waals surface area contributed by atoms with Gasteiger partial charge >= 0.3 is 0 Å². The zero-order valence-corrected chi connectivity index (χ0v) is 9.15. The fraction of sp³-hybridized carbons (Fsp3) is 1.00. The fourth-order valence-corrected chi connectivity index (χ4v) is 4.03. The van der Waals surface area contributed by atoms with E-state index in [0.29, 0.717) is 6.04 Å². The van der Waals surface area contributed by atoms with Crippen LogP contribution in [0.1, 0.15) is 38.5 Å².